The highest BCUT2D eigenvalue weighted by Gasteiger charge is 2.38. The summed E-state index contributed by atoms with van der Waals surface area (Å²) in [6, 6.07) is 0. The van der Waals surface area contributed by atoms with Gasteiger partial charge in [-0.2, -0.15) is 0 Å². The van der Waals surface area contributed by atoms with E-state index in [-0.39, 0.29) is 18.9 Å². The zero-order chi connectivity index (χ0) is 19.9. The van der Waals surface area contributed by atoms with E-state index >= 15 is 0 Å². The van der Waals surface area contributed by atoms with Gasteiger partial charge in [0.05, 0.1) is 5.92 Å². The molecule has 0 aliphatic carbocycles. The Kier molecular flexibility index (Phi) is 7.58. The van der Waals surface area contributed by atoms with Crippen molar-refractivity contribution in [2.45, 2.75) is 51.1 Å². The van der Waals surface area contributed by atoms with Crippen LogP contribution in [0, 0.1) is 11.8 Å². The summed E-state index contributed by atoms with van der Waals surface area (Å²) in [6.45, 7) is 4.13. The van der Waals surface area contributed by atoms with Crippen LogP contribution in [0.3, 0.4) is 0 Å². The molecule has 9 heteroatoms. The Morgan fingerprint density at radius 3 is 2.59 bits per heavy atom. The number of likely N-dealkylation sites (tertiary alicyclic amines) is 1. The summed E-state index contributed by atoms with van der Waals surface area (Å²) in [7, 11) is 0. The summed E-state index contributed by atoms with van der Waals surface area (Å²) in [5.74, 6) is -1.67. The van der Waals surface area contributed by atoms with Gasteiger partial charge >= 0.3 is 5.97 Å². The maximum atomic E-state index is 12.5. The highest BCUT2D eigenvalue weighted by atomic mass is 16.4. The first-order chi connectivity index (χ1) is 12.9. The summed E-state index contributed by atoms with van der Waals surface area (Å²) in [6.07, 6.45) is 5.06. The van der Waals surface area contributed by atoms with Crippen LogP contribution in [0.1, 0.15) is 45.4 Å². The molecule has 2 heterocycles. The summed E-state index contributed by atoms with van der Waals surface area (Å²) >= 11 is 0. The van der Waals surface area contributed by atoms with Gasteiger partial charge in [-0.05, 0) is 58.0 Å². The lowest BCUT2D eigenvalue weighted by Crippen LogP contribution is -2.63. The lowest BCUT2D eigenvalue weighted by atomic mass is 9.92. The minimum atomic E-state index is -1.86. The fourth-order valence-corrected chi connectivity index (χ4v) is 3.69. The molecule has 3 amide bonds. The number of carboxylic acids is 1. The first kappa shape index (κ1) is 21.1. The molecule has 27 heavy (non-hydrogen) atoms. The Morgan fingerprint density at radius 1 is 1.26 bits per heavy atom. The number of amides is 3. The second-order valence-electron chi connectivity index (χ2n) is 7.59. The number of rotatable bonds is 8. The molecular weight excluding hydrogens is 352 g/mol. The first-order valence-corrected chi connectivity index (χ1v) is 9.61. The summed E-state index contributed by atoms with van der Waals surface area (Å²) in [5.41, 5.74) is -1.86. The van der Waals surface area contributed by atoms with Crippen molar-refractivity contribution in [1.82, 2.24) is 20.9 Å². The molecule has 0 bridgehead atoms. The number of carbonyl (C=O) groups excluding carboxylic acids is 3. The van der Waals surface area contributed by atoms with Crippen molar-refractivity contribution in [3.63, 3.8) is 0 Å². The van der Waals surface area contributed by atoms with E-state index in [0.717, 1.165) is 32.4 Å². The standard InChI is InChI=1S/C18H30N4O5/c1-18(17(26)27,20-12-23)21-16(25)14-3-2-10-22(11-14)15(24)5-4-13-6-8-19-9-7-13/h12-14,19H,2-11H2,1H3,(H,20,23)(H,21,25)(H,26,27)/t14?,18-/m0/s1. The molecule has 9 nitrogen and oxygen atoms in total. The molecule has 4 N–H and O–H groups in total. The Hall–Kier alpha value is -2.16. The Morgan fingerprint density at radius 2 is 1.96 bits per heavy atom. The van der Waals surface area contributed by atoms with Crippen LogP contribution in [0.15, 0.2) is 0 Å². The van der Waals surface area contributed by atoms with Crippen molar-refractivity contribution in [3.05, 3.63) is 0 Å². The number of hydrogen-bond donors (Lipinski definition) is 4. The molecule has 2 aliphatic rings. The van der Waals surface area contributed by atoms with Gasteiger partial charge in [0.25, 0.3) is 0 Å². The normalized spacial score (nSPS) is 23.1. The smallest absolute Gasteiger partial charge is 0.350 e. The number of piperidine rings is 2. The second-order valence-corrected chi connectivity index (χ2v) is 7.59. The van der Waals surface area contributed by atoms with Crippen LogP contribution in [-0.2, 0) is 19.2 Å². The number of aliphatic carboxylic acids is 1. The molecule has 0 saturated carbocycles. The topological polar surface area (TPSA) is 128 Å². The zero-order valence-electron chi connectivity index (χ0n) is 15.8. The van der Waals surface area contributed by atoms with E-state index in [4.69, 9.17) is 0 Å². The maximum Gasteiger partial charge on any atom is 0.350 e. The van der Waals surface area contributed by atoms with Gasteiger partial charge in [0.1, 0.15) is 0 Å². The van der Waals surface area contributed by atoms with Crippen LogP contribution in [0.5, 0.6) is 0 Å². The highest BCUT2D eigenvalue weighted by Crippen LogP contribution is 2.22. The molecule has 0 aromatic rings. The predicted octanol–water partition coefficient (Wildman–Crippen LogP) is -0.332. The highest BCUT2D eigenvalue weighted by molar-refractivity contribution is 5.89. The van der Waals surface area contributed by atoms with E-state index in [2.05, 4.69) is 16.0 Å². The largest absolute Gasteiger partial charge is 0.478 e. The van der Waals surface area contributed by atoms with Crippen molar-refractivity contribution in [2.24, 2.45) is 11.8 Å². The van der Waals surface area contributed by atoms with Gasteiger partial charge < -0.3 is 26.0 Å². The lowest BCUT2D eigenvalue weighted by Gasteiger charge is -2.34. The van der Waals surface area contributed by atoms with Gasteiger partial charge in [-0.3, -0.25) is 14.4 Å². The molecule has 0 radical (unpaired) electrons. The third-order valence-corrected chi connectivity index (χ3v) is 5.52. The van der Waals surface area contributed by atoms with E-state index in [9.17, 15) is 24.3 Å². The van der Waals surface area contributed by atoms with Crippen LogP contribution in [0.2, 0.25) is 0 Å². The molecule has 152 valence electrons. The lowest BCUT2D eigenvalue weighted by molar-refractivity contribution is -0.151. The number of hydrogen-bond acceptors (Lipinski definition) is 5. The average molecular weight is 382 g/mol. The maximum absolute atomic E-state index is 12.5. The molecule has 2 atom stereocenters. The van der Waals surface area contributed by atoms with Crippen LogP contribution in [0.25, 0.3) is 0 Å². The van der Waals surface area contributed by atoms with Crippen molar-refractivity contribution >= 4 is 24.2 Å². The third-order valence-electron chi connectivity index (χ3n) is 5.52. The number of nitrogens with one attached hydrogen (secondary N) is 3. The van der Waals surface area contributed by atoms with E-state index in [0.29, 0.717) is 31.7 Å². The average Bonchev–Trinajstić information content (AvgIpc) is 2.67. The van der Waals surface area contributed by atoms with Crippen molar-refractivity contribution in [3.8, 4) is 0 Å². The molecule has 2 aliphatic heterocycles. The van der Waals surface area contributed by atoms with Gasteiger partial charge in [-0.1, -0.05) is 0 Å². The Balaban J connectivity index is 1.86. The zero-order valence-corrected chi connectivity index (χ0v) is 15.8. The van der Waals surface area contributed by atoms with Crippen LogP contribution in [-0.4, -0.2) is 66.0 Å². The van der Waals surface area contributed by atoms with E-state index in [1.54, 1.807) is 4.90 Å². The molecular formula is C18H30N4O5. The van der Waals surface area contributed by atoms with Gasteiger partial charge in [0, 0.05) is 19.5 Å². The second kappa shape index (κ2) is 9.68. The van der Waals surface area contributed by atoms with Crippen LogP contribution < -0.4 is 16.0 Å². The number of carbonyl (C=O) groups is 4. The van der Waals surface area contributed by atoms with E-state index < -0.39 is 23.5 Å². The predicted molar refractivity (Wildman–Crippen MR) is 97.5 cm³/mol. The molecule has 2 fully saturated rings. The van der Waals surface area contributed by atoms with Gasteiger partial charge in [-0.15, -0.1) is 0 Å². The molecule has 0 aromatic heterocycles. The van der Waals surface area contributed by atoms with Crippen molar-refractivity contribution < 1.29 is 24.3 Å². The monoisotopic (exact) mass is 382 g/mol. The van der Waals surface area contributed by atoms with Gasteiger partial charge in [0.15, 0.2) is 0 Å². The van der Waals surface area contributed by atoms with E-state index in [1.165, 1.54) is 6.92 Å². The van der Waals surface area contributed by atoms with Crippen molar-refractivity contribution in [2.75, 3.05) is 26.2 Å². The van der Waals surface area contributed by atoms with Gasteiger partial charge in [0.2, 0.25) is 23.9 Å². The van der Waals surface area contributed by atoms with Crippen molar-refractivity contribution in [1.29, 1.82) is 0 Å². The van der Waals surface area contributed by atoms with Crippen LogP contribution in [0.4, 0.5) is 0 Å². The summed E-state index contributed by atoms with van der Waals surface area (Å²) in [4.78, 5) is 48.7. The summed E-state index contributed by atoms with van der Waals surface area (Å²) in [5, 5.41) is 17.1. The van der Waals surface area contributed by atoms with Crippen LogP contribution >= 0.6 is 0 Å². The first-order valence-electron chi connectivity index (χ1n) is 9.61. The molecule has 2 rings (SSSR count). The Labute approximate surface area is 159 Å². The molecule has 0 spiro atoms. The molecule has 2 saturated heterocycles. The minimum Gasteiger partial charge on any atom is -0.478 e. The third kappa shape index (κ3) is 5.92. The van der Waals surface area contributed by atoms with Gasteiger partial charge in [-0.25, -0.2) is 4.79 Å². The number of carboxylic acid groups (broad SMARTS) is 1. The summed E-state index contributed by atoms with van der Waals surface area (Å²) < 4.78 is 0. The fraction of sp³-hybridized carbons (Fsp3) is 0.778. The fourth-order valence-electron chi connectivity index (χ4n) is 3.69. The quantitative estimate of drug-likeness (QED) is 0.336. The molecule has 1 unspecified atom stereocenters. The number of nitrogens with zero attached hydrogens (tertiary/aromatic N) is 1. The van der Waals surface area contributed by atoms with E-state index in [1.807, 2.05) is 0 Å². The SMILES string of the molecule is C[C@](NC=O)(NC(=O)C1CCCN(C(=O)CCC2CCNCC2)C1)C(=O)O. The minimum absolute atomic E-state index is 0.0537. The Bertz CT molecular complexity index is 564. The molecule has 0 aromatic carbocycles.